The third-order valence-electron chi connectivity index (χ3n) is 7.39. The first-order valence-corrected chi connectivity index (χ1v) is 12.2. The SMILES string of the molecule is Cn1nc2c(c1C(=O)N1CCCC(c3ccc(C(=O)NC4CCCC4)cn3)C1)CCCC2. The van der Waals surface area contributed by atoms with Crippen LogP contribution in [0.2, 0.25) is 0 Å². The standard InChI is InChI=1S/C25H33N5O2/c1-29-23(20-10-4-5-11-22(20)28-29)25(32)30-14-6-7-18(16-30)21-13-12-17(15-26-21)24(31)27-19-8-2-3-9-19/h12-13,15,18-19H,2-11,14,16H2,1H3,(H,27,31). The summed E-state index contributed by atoms with van der Waals surface area (Å²) < 4.78 is 1.79. The second-order valence-corrected chi connectivity index (χ2v) is 9.62. The third-order valence-corrected chi connectivity index (χ3v) is 7.39. The van der Waals surface area contributed by atoms with Gasteiger partial charge in [0.1, 0.15) is 5.69 Å². The molecule has 0 radical (unpaired) electrons. The molecule has 2 amide bonds. The molecule has 1 unspecified atom stereocenters. The molecule has 0 spiro atoms. The lowest BCUT2D eigenvalue weighted by atomic mass is 9.92. The minimum Gasteiger partial charge on any atom is -0.349 e. The Bertz CT molecular complexity index is 991. The summed E-state index contributed by atoms with van der Waals surface area (Å²) >= 11 is 0. The quantitative estimate of drug-likeness (QED) is 0.798. The lowest BCUT2D eigenvalue weighted by Gasteiger charge is -2.33. The van der Waals surface area contributed by atoms with Crippen molar-refractivity contribution in [2.75, 3.05) is 13.1 Å². The molecule has 5 rings (SSSR count). The van der Waals surface area contributed by atoms with Crippen molar-refractivity contribution in [3.63, 3.8) is 0 Å². The Kier molecular flexibility index (Phi) is 5.98. The van der Waals surface area contributed by atoms with E-state index in [1.54, 1.807) is 10.9 Å². The van der Waals surface area contributed by atoms with Crippen LogP contribution in [0.15, 0.2) is 18.3 Å². The van der Waals surface area contributed by atoms with Gasteiger partial charge in [0.15, 0.2) is 0 Å². The van der Waals surface area contributed by atoms with Crippen molar-refractivity contribution >= 4 is 11.8 Å². The van der Waals surface area contributed by atoms with E-state index >= 15 is 0 Å². The van der Waals surface area contributed by atoms with E-state index in [0.29, 0.717) is 18.2 Å². The van der Waals surface area contributed by atoms with Crippen molar-refractivity contribution in [3.8, 4) is 0 Å². The monoisotopic (exact) mass is 435 g/mol. The number of aryl methyl sites for hydroxylation is 2. The number of rotatable bonds is 4. The molecule has 0 bridgehead atoms. The molecule has 2 fully saturated rings. The van der Waals surface area contributed by atoms with Gasteiger partial charge in [-0.05, 0) is 63.5 Å². The zero-order valence-electron chi connectivity index (χ0n) is 19.0. The van der Waals surface area contributed by atoms with E-state index < -0.39 is 0 Å². The highest BCUT2D eigenvalue weighted by Gasteiger charge is 2.31. The van der Waals surface area contributed by atoms with Gasteiger partial charge >= 0.3 is 0 Å². The van der Waals surface area contributed by atoms with Gasteiger partial charge in [-0.3, -0.25) is 19.3 Å². The van der Waals surface area contributed by atoms with Crippen molar-refractivity contribution in [1.29, 1.82) is 0 Å². The fourth-order valence-corrected chi connectivity index (χ4v) is 5.62. The molecule has 0 aromatic carbocycles. The van der Waals surface area contributed by atoms with E-state index in [0.717, 1.165) is 80.6 Å². The topological polar surface area (TPSA) is 80.1 Å². The summed E-state index contributed by atoms with van der Waals surface area (Å²) in [6.45, 7) is 1.44. The van der Waals surface area contributed by atoms with Crippen molar-refractivity contribution < 1.29 is 9.59 Å². The molecule has 7 nitrogen and oxygen atoms in total. The largest absolute Gasteiger partial charge is 0.349 e. The second-order valence-electron chi connectivity index (χ2n) is 9.62. The maximum Gasteiger partial charge on any atom is 0.272 e. The Morgan fingerprint density at radius 1 is 1.03 bits per heavy atom. The smallest absolute Gasteiger partial charge is 0.272 e. The molecule has 7 heteroatoms. The highest BCUT2D eigenvalue weighted by molar-refractivity contribution is 5.95. The first kappa shape index (κ1) is 21.2. The minimum atomic E-state index is -0.0302. The van der Waals surface area contributed by atoms with Gasteiger partial charge in [0, 0.05) is 49.6 Å². The van der Waals surface area contributed by atoms with Crippen LogP contribution >= 0.6 is 0 Å². The van der Waals surface area contributed by atoms with Crippen LogP contribution in [-0.4, -0.2) is 50.6 Å². The summed E-state index contributed by atoms with van der Waals surface area (Å²) in [7, 11) is 1.89. The van der Waals surface area contributed by atoms with Gasteiger partial charge in [-0.1, -0.05) is 12.8 Å². The number of pyridine rings is 1. The number of aromatic nitrogens is 3. The summed E-state index contributed by atoms with van der Waals surface area (Å²) in [6.07, 6.45) is 12.4. The van der Waals surface area contributed by atoms with Crippen molar-refractivity contribution in [3.05, 3.63) is 46.5 Å². The van der Waals surface area contributed by atoms with E-state index in [1.807, 2.05) is 24.1 Å². The number of hydrogen-bond donors (Lipinski definition) is 1. The number of piperidine rings is 1. The van der Waals surface area contributed by atoms with Gasteiger partial charge in [-0.2, -0.15) is 5.10 Å². The number of likely N-dealkylation sites (tertiary alicyclic amines) is 1. The Morgan fingerprint density at radius 3 is 2.62 bits per heavy atom. The Balaban J connectivity index is 1.26. The Labute approximate surface area is 189 Å². The number of carbonyl (C=O) groups excluding carboxylic acids is 2. The Morgan fingerprint density at radius 2 is 1.84 bits per heavy atom. The van der Waals surface area contributed by atoms with Crippen LogP contribution in [-0.2, 0) is 19.9 Å². The zero-order chi connectivity index (χ0) is 22.1. The van der Waals surface area contributed by atoms with E-state index in [4.69, 9.17) is 0 Å². The molecule has 2 aromatic heterocycles. The number of carbonyl (C=O) groups is 2. The van der Waals surface area contributed by atoms with Crippen LogP contribution in [0, 0.1) is 0 Å². The highest BCUT2D eigenvalue weighted by atomic mass is 16.2. The molecular formula is C25H33N5O2. The van der Waals surface area contributed by atoms with Crippen molar-refractivity contribution in [2.24, 2.45) is 7.05 Å². The summed E-state index contributed by atoms with van der Waals surface area (Å²) in [5.41, 5.74) is 4.61. The van der Waals surface area contributed by atoms with Gasteiger partial charge in [0.25, 0.3) is 11.8 Å². The summed E-state index contributed by atoms with van der Waals surface area (Å²) in [5, 5.41) is 7.75. The Hall–Kier alpha value is -2.70. The highest BCUT2D eigenvalue weighted by Crippen LogP contribution is 2.29. The second kappa shape index (κ2) is 9.04. The number of hydrogen-bond acceptors (Lipinski definition) is 4. The molecule has 1 N–H and O–H groups in total. The number of amides is 2. The predicted octanol–water partition coefficient (Wildman–Crippen LogP) is 3.39. The molecular weight excluding hydrogens is 402 g/mol. The van der Waals surface area contributed by atoms with Gasteiger partial charge in [0.2, 0.25) is 0 Å². The molecule has 1 saturated heterocycles. The van der Waals surface area contributed by atoms with Crippen LogP contribution in [0.4, 0.5) is 0 Å². The van der Waals surface area contributed by atoms with Crippen LogP contribution in [0.5, 0.6) is 0 Å². The molecule has 1 aliphatic heterocycles. The number of nitrogens with one attached hydrogen (secondary N) is 1. The lowest BCUT2D eigenvalue weighted by molar-refractivity contribution is 0.0693. The summed E-state index contributed by atoms with van der Waals surface area (Å²) in [6, 6.07) is 4.15. The maximum atomic E-state index is 13.4. The van der Waals surface area contributed by atoms with Crippen LogP contribution in [0.25, 0.3) is 0 Å². The molecule has 170 valence electrons. The number of nitrogens with zero attached hydrogens (tertiary/aromatic N) is 4. The lowest BCUT2D eigenvalue weighted by Crippen LogP contribution is -2.40. The summed E-state index contributed by atoms with van der Waals surface area (Å²) in [5.74, 6) is 0.265. The average Bonchev–Trinajstić information content (AvgIpc) is 3.45. The number of fused-ring (bicyclic) bond motifs is 1. The molecule has 3 aliphatic rings. The maximum absolute atomic E-state index is 13.4. The first-order valence-electron chi connectivity index (χ1n) is 12.2. The zero-order valence-corrected chi connectivity index (χ0v) is 19.0. The normalized spacial score (nSPS) is 21.4. The molecule has 2 aliphatic carbocycles. The minimum absolute atomic E-state index is 0.0302. The molecule has 1 atom stereocenters. The third kappa shape index (κ3) is 4.17. The van der Waals surface area contributed by atoms with Crippen molar-refractivity contribution in [1.82, 2.24) is 25.0 Å². The van der Waals surface area contributed by atoms with Crippen LogP contribution in [0.1, 0.15) is 95.1 Å². The van der Waals surface area contributed by atoms with Crippen LogP contribution < -0.4 is 5.32 Å². The van der Waals surface area contributed by atoms with Gasteiger partial charge < -0.3 is 10.2 Å². The van der Waals surface area contributed by atoms with Gasteiger partial charge in [-0.15, -0.1) is 0 Å². The predicted molar refractivity (Wildman–Crippen MR) is 122 cm³/mol. The van der Waals surface area contributed by atoms with Crippen LogP contribution in [0.3, 0.4) is 0 Å². The molecule has 1 saturated carbocycles. The summed E-state index contributed by atoms with van der Waals surface area (Å²) in [4.78, 5) is 32.5. The van der Waals surface area contributed by atoms with E-state index in [2.05, 4.69) is 15.4 Å². The molecule has 2 aromatic rings. The average molecular weight is 436 g/mol. The van der Waals surface area contributed by atoms with Gasteiger partial charge in [-0.25, -0.2) is 0 Å². The fraction of sp³-hybridized carbons (Fsp3) is 0.600. The van der Waals surface area contributed by atoms with E-state index in [9.17, 15) is 9.59 Å². The molecule has 32 heavy (non-hydrogen) atoms. The first-order chi connectivity index (χ1) is 15.6. The fourth-order valence-electron chi connectivity index (χ4n) is 5.62. The molecule has 3 heterocycles. The van der Waals surface area contributed by atoms with Crippen molar-refractivity contribution in [2.45, 2.75) is 76.2 Å². The van der Waals surface area contributed by atoms with Gasteiger partial charge in [0.05, 0.1) is 11.3 Å². The van der Waals surface area contributed by atoms with E-state index in [-0.39, 0.29) is 17.7 Å². The van der Waals surface area contributed by atoms with E-state index in [1.165, 1.54) is 12.8 Å².